The second-order valence-corrected chi connectivity index (χ2v) is 7.40. The third-order valence-corrected chi connectivity index (χ3v) is 5.00. The number of hydrogen-bond acceptors (Lipinski definition) is 5. The van der Waals surface area contributed by atoms with Crippen LogP contribution >= 0.6 is 11.6 Å². The summed E-state index contributed by atoms with van der Waals surface area (Å²) in [6, 6.07) is 11.0. The number of phenols is 1. The van der Waals surface area contributed by atoms with Crippen molar-refractivity contribution in [2.75, 3.05) is 6.79 Å². The number of aliphatic imine (C=N–C) groups is 1. The topological polar surface area (TPSA) is 63.1 Å². The van der Waals surface area contributed by atoms with E-state index in [4.69, 9.17) is 26.1 Å². The zero-order valence-electron chi connectivity index (χ0n) is 14.7. The molecule has 2 aliphatic rings. The molecule has 2 atom stereocenters. The lowest BCUT2D eigenvalue weighted by Crippen LogP contribution is -2.41. The van der Waals surface area contributed by atoms with Crippen LogP contribution in [0.25, 0.3) is 0 Å². The summed E-state index contributed by atoms with van der Waals surface area (Å²) >= 11 is 6.15. The highest BCUT2D eigenvalue weighted by molar-refractivity contribution is 6.30. The molecule has 0 fully saturated rings. The Labute approximate surface area is 157 Å². The highest BCUT2D eigenvalue weighted by atomic mass is 35.5. The average molecular weight is 373 g/mol. The maximum atomic E-state index is 10.3. The van der Waals surface area contributed by atoms with Crippen LogP contribution in [0.5, 0.6) is 17.2 Å². The van der Waals surface area contributed by atoms with Gasteiger partial charge in [-0.05, 0) is 47.9 Å². The molecule has 0 bridgehead atoms. The highest BCUT2D eigenvalue weighted by Gasteiger charge is 2.29. The summed E-state index contributed by atoms with van der Waals surface area (Å²) in [5.74, 6) is 2.05. The van der Waals surface area contributed by atoms with E-state index in [2.05, 4.69) is 19.2 Å². The normalized spacial score (nSPS) is 21.8. The molecule has 0 saturated heterocycles. The SMILES string of the molecule is CC(C)C1N=C(c2ccc3c(c2)OCO3)CC(c2cc(Cl)ccc2O)N1. The smallest absolute Gasteiger partial charge is 0.231 e. The maximum absolute atomic E-state index is 10.3. The number of nitrogens with zero attached hydrogens (tertiary/aromatic N) is 1. The van der Waals surface area contributed by atoms with Gasteiger partial charge in [0.15, 0.2) is 11.5 Å². The summed E-state index contributed by atoms with van der Waals surface area (Å²) in [4.78, 5) is 4.90. The first kappa shape index (κ1) is 17.2. The lowest BCUT2D eigenvalue weighted by Gasteiger charge is -2.32. The van der Waals surface area contributed by atoms with Crippen LogP contribution in [0, 0.1) is 5.92 Å². The third kappa shape index (κ3) is 3.24. The van der Waals surface area contributed by atoms with Crippen molar-refractivity contribution < 1.29 is 14.6 Å². The van der Waals surface area contributed by atoms with Crippen LogP contribution < -0.4 is 14.8 Å². The van der Waals surface area contributed by atoms with Crippen LogP contribution in [0.2, 0.25) is 5.02 Å². The molecule has 2 aliphatic heterocycles. The molecule has 5 nitrogen and oxygen atoms in total. The molecule has 2 unspecified atom stereocenters. The monoisotopic (exact) mass is 372 g/mol. The Morgan fingerprint density at radius 3 is 2.77 bits per heavy atom. The van der Waals surface area contributed by atoms with Crippen LogP contribution in [0.3, 0.4) is 0 Å². The van der Waals surface area contributed by atoms with Crippen molar-refractivity contribution in [3.8, 4) is 17.2 Å². The van der Waals surface area contributed by atoms with E-state index in [0.29, 0.717) is 17.4 Å². The Hall–Kier alpha value is -2.24. The number of rotatable bonds is 3. The van der Waals surface area contributed by atoms with E-state index >= 15 is 0 Å². The Balaban J connectivity index is 1.70. The number of halogens is 1. The van der Waals surface area contributed by atoms with Crippen LogP contribution in [-0.2, 0) is 0 Å². The summed E-state index contributed by atoms with van der Waals surface area (Å²) < 4.78 is 10.9. The minimum absolute atomic E-state index is 0.0486. The minimum Gasteiger partial charge on any atom is -0.508 e. The van der Waals surface area contributed by atoms with E-state index in [1.54, 1.807) is 12.1 Å². The predicted octanol–water partition coefficient (Wildman–Crippen LogP) is 4.28. The number of phenolic OH excluding ortho intramolecular Hbond substituents is 1. The van der Waals surface area contributed by atoms with Gasteiger partial charge in [-0.3, -0.25) is 10.3 Å². The van der Waals surface area contributed by atoms with Gasteiger partial charge >= 0.3 is 0 Å². The zero-order chi connectivity index (χ0) is 18.3. The van der Waals surface area contributed by atoms with Gasteiger partial charge in [-0.1, -0.05) is 25.4 Å². The number of hydrogen-bond donors (Lipinski definition) is 2. The van der Waals surface area contributed by atoms with Gasteiger partial charge in [-0.25, -0.2) is 0 Å². The first-order chi connectivity index (χ1) is 12.5. The van der Waals surface area contributed by atoms with E-state index in [9.17, 15) is 5.11 Å². The number of fused-ring (bicyclic) bond motifs is 1. The Morgan fingerprint density at radius 1 is 1.15 bits per heavy atom. The largest absolute Gasteiger partial charge is 0.508 e. The molecule has 2 N–H and O–H groups in total. The fraction of sp³-hybridized carbons (Fsp3) is 0.350. The van der Waals surface area contributed by atoms with Gasteiger partial charge in [-0.15, -0.1) is 0 Å². The average Bonchev–Trinajstić information content (AvgIpc) is 3.11. The molecule has 2 heterocycles. The minimum atomic E-state index is -0.0703. The molecule has 0 aliphatic carbocycles. The van der Waals surface area contributed by atoms with Crippen LogP contribution in [0.4, 0.5) is 0 Å². The second-order valence-electron chi connectivity index (χ2n) is 6.96. The van der Waals surface area contributed by atoms with Gasteiger partial charge < -0.3 is 14.6 Å². The van der Waals surface area contributed by atoms with E-state index in [1.165, 1.54) is 0 Å². The van der Waals surface area contributed by atoms with Crippen molar-refractivity contribution in [3.63, 3.8) is 0 Å². The van der Waals surface area contributed by atoms with Gasteiger partial charge in [-0.2, -0.15) is 0 Å². The number of benzene rings is 2. The van der Waals surface area contributed by atoms with Crippen molar-refractivity contribution >= 4 is 17.3 Å². The van der Waals surface area contributed by atoms with Crippen molar-refractivity contribution in [1.29, 1.82) is 0 Å². The quantitative estimate of drug-likeness (QED) is 0.844. The van der Waals surface area contributed by atoms with Crippen molar-refractivity contribution in [2.24, 2.45) is 10.9 Å². The molecule has 0 aromatic heterocycles. The Kier molecular flexibility index (Phi) is 4.51. The first-order valence-corrected chi connectivity index (χ1v) is 9.10. The highest BCUT2D eigenvalue weighted by Crippen LogP contribution is 2.36. The summed E-state index contributed by atoms with van der Waals surface area (Å²) in [5.41, 5.74) is 2.77. The van der Waals surface area contributed by atoms with Gasteiger partial charge in [0.05, 0.1) is 0 Å². The lowest BCUT2D eigenvalue weighted by molar-refractivity contribution is 0.174. The Bertz CT molecular complexity index is 866. The van der Waals surface area contributed by atoms with Gasteiger partial charge in [0, 0.05) is 28.8 Å². The molecule has 26 heavy (non-hydrogen) atoms. The fourth-order valence-corrected chi connectivity index (χ4v) is 3.51. The number of nitrogens with one attached hydrogen (secondary N) is 1. The molecule has 2 aromatic rings. The van der Waals surface area contributed by atoms with Crippen LogP contribution in [-0.4, -0.2) is 23.8 Å². The van der Waals surface area contributed by atoms with Gasteiger partial charge in [0.1, 0.15) is 11.9 Å². The van der Waals surface area contributed by atoms with E-state index < -0.39 is 0 Å². The summed E-state index contributed by atoms with van der Waals surface area (Å²) in [5, 5.41) is 14.5. The predicted molar refractivity (Wildman–Crippen MR) is 101 cm³/mol. The second kappa shape index (κ2) is 6.82. The van der Waals surface area contributed by atoms with E-state index in [0.717, 1.165) is 28.3 Å². The summed E-state index contributed by atoms with van der Waals surface area (Å²) in [6.45, 7) is 4.50. The first-order valence-electron chi connectivity index (χ1n) is 8.72. The van der Waals surface area contributed by atoms with Crippen LogP contribution in [0.15, 0.2) is 41.4 Å². The van der Waals surface area contributed by atoms with Crippen molar-refractivity contribution in [3.05, 3.63) is 52.5 Å². The standard InChI is InChI=1S/C20H21ClN2O3/c1-11(2)20-22-15(12-3-6-18-19(7-12)26-10-25-18)9-16(23-20)14-8-13(21)4-5-17(14)24/h3-8,11,16,20,23-24H,9-10H2,1-2H3. The molecule has 0 spiro atoms. The van der Waals surface area contributed by atoms with Gasteiger partial charge in [0.2, 0.25) is 6.79 Å². The lowest BCUT2D eigenvalue weighted by atomic mass is 9.93. The molecule has 0 saturated carbocycles. The van der Waals surface area contributed by atoms with Crippen LogP contribution in [0.1, 0.15) is 37.4 Å². The molecular formula is C20H21ClN2O3. The molecule has 4 rings (SSSR count). The van der Waals surface area contributed by atoms with E-state index in [-0.39, 0.29) is 24.8 Å². The summed E-state index contributed by atoms with van der Waals surface area (Å²) in [6.07, 6.45) is 0.601. The Morgan fingerprint density at radius 2 is 1.96 bits per heavy atom. The van der Waals surface area contributed by atoms with E-state index in [1.807, 2.05) is 24.3 Å². The number of ether oxygens (including phenoxy) is 2. The number of aromatic hydroxyl groups is 1. The summed E-state index contributed by atoms with van der Waals surface area (Å²) in [7, 11) is 0. The molecule has 0 amide bonds. The molecular weight excluding hydrogens is 352 g/mol. The van der Waals surface area contributed by atoms with Crippen molar-refractivity contribution in [2.45, 2.75) is 32.5 Å². The fourth-order valence-electron chi connectivity index (χ4n) is 3.33. The zero-order valence-corrected chi connectivity index (χ0v) is 15.5. The molecule has 2 aromatic carbocycles. The maximum Gasteiger partial charge on any atom is 0.231 e. The van der Waals surface area contributed by atoms with Crippen molar-refractivity contribution in [1.82, 2.24) is 5.32 Å². The molecule has 6 heteroatoms. The van der Waals surface area contributed by atoms with Gasteiger partial charge in [0.25, 0.3) is 0 Å². The molecule has 0 radical (unpaired) electrons. The molecule has 136 valence electrons. The third-order valence-electron chi connectivity index (χ3n) is 4.77.